The molecule has 1 aromatic rings. The van der Waals surface area contributed by atoms with Crippen molar-refractivity contribution in [3.8, 4) is 0 Å². The third kappa shape index (κ3) is 2.43. The van der Waals surface area contributed by atoms with E-state index < -0.39 is 0 Å². The first-order chi connectivity index (χ1) is 11.5. The molecular formula is C23H30S. The number of allylic oxidation sites excluding steroid dienone is 4. The van der Waals surface area contributed by atoms with E-state index in [1.165, 1.54) is 30.6 Å². The Morgan fingerprint density at radius 2 is 1.92 bits per heavy atom. The van der Waals surface area contributed by atoms with E-state index in [-0.39, 0.29) is 0 Å². The van der Waals surface area contributed by atoms with Crippen LogP contribution in [0.4, 0.5) is 0 Å². The van der Waals surface area contributed by atoms with E-state index in [4.69, 9.17) is 0 Å². The maximum Gasteiger partial charge on any atom is 0.0482 e. The third-order valence-corrected chi connectivity index (χ3v) is 8.03. The molecule has 1 spiro atoms. The average molecular weight is 339 g/mol. The van der Waals surface area contributed by atoms with E-state index in [1.807, 2.05) is 0 Å². The molecule has 24 heavy (non-hydrogen) atoms. The molecule has 4 rings (SSSR count). The summed E-state index contributed by atoms with van der Waals surface area (Å²) in [5, 5.41) is 0. The second kappa shape index (κ2) is 6.09. The zero-order chi connectivity index (χ0) is 16.9. The van der Waals surface area contributed by atoms with E-state index in [9.17, 15) is 0 Å². The van der Waals surface area contributed by atoms with Crippen LogP contribution >= 0.6 is 11.8 Å². The molecule has 1 fully saturated rings. The Kier molecular flexibility index (Phi) is 4.19. The van der Waals surface area contributed by atoms with Crippen LogP contribution in [0.2, 0.25) is 0 Å². The van der Waals surface area contributed by atoms with Gasteiger partial charge in [-0.3, -0.25) is 0 Å². The fourth-order valence-electron chi connectivity index (χ4n) is 4.87. The van der Waals surface area contributed by atoms with E-state index in [1.54, 1.807) is 16.7 Å². The van der Waals surface area contributed by atoms with Gasteiger partial charge in [0.15, 0.2) is 0 Å². The Hall–Kier alpha value is -0.950. The van der Waals surface area contributed by atoms with Crippen molar-refractivity contribution in [1.82, 2.24) is 0 Å². The predicted molar refractivity (Wildman–Crippen MR) is 107 cm³/mol. The molecule has 0 bridgehead atoms. The fourth-order valence-corrected chi connectivity index (χ4v) is 6.61. The summed E-state index contributed by atoms with van der Waals surface area (Å²) in [6.45, 7) is 9.30. The molecule has 1 saturated heterocycles. The molecule has 3 aliphatic rings. The highest BCUT2D eigenvalue weighted by Gasteiger charge is 2.52. The van der Waals surface area contributed by atoms with Crippen LogP contribution in [0.3, 0.4) is 0 Å². The van der Waals surface area contributed by atoms with E-state index in [0.29, 0.717) is 28.4 Å². The number of benzene rings is 1. The molecule has 1 aromatic carbocycles. The summed E-state index contributed by atoms with van der Waals surface area (Å²) in [6, 6.07) is 7.39. The summed E-state index contributed by atoms with van der Waals surface area (Å²) < 4.78 is 0.327. The van der Waals surface area contributed by atoms with Crippen molar-refractivity contribution in [1.29, 1.82) is 0 Å². The van der Waals surface area contributed by atoms with Crippen LogP contribution in [0.25, 0.3) is 0 Å². The van der Waals surface area contributed by atoms with Gasteiger partial charge >= 0.3 is 0 Å². The summed E-state index contributed by atoms with van der Waals surface area (Å²) in [7, 11) is 0. The second-order valence-corrected chi connectivity index (χ2v) is 9.85. The quantitative estimate of drug-likeness (QED) is 0.572. The van der Waals surface area contributed by atoms with Gasteiger partial charge in [-0.05, 0) is 52.7 Å². The molecule has 1 heteroatoms. The average Bonchev–Trinajstić information content (AvgIpc) is 2.85. The number of fused-ring (bicyclic) bond motifs is 5. The molecule has 3 atom stereocenters. The largest absolute Gasteiger partial charge is 0.150 e. The predicted octanol–water partition coefficient (Wildman–Crippen LogP) is 6.79. The van der Waals surface area contributed by atoms with Crippen molar-refractivity contribution in [3.63, 3.8) is 0 Å². The normalized spacial score (nSPS) is 31.5. The van der Waals surface area contributed by atoms with Crippen LogP contribution in [0.5, 0.6) is 0 Å². The highest BCUT2D eigenvalue weighted by atomic mass is 32.2. The molecule has 3 unspecified atom stereocenters. The highest BCUT2D eigenvalue weighted by molar-refractivity contribution is 8.00. The van der Waals surface area contributed by atoms with Crippen molar-refractivity contribution >= 4 is 11.8 Å². The Morgan fingerprint density at radius 1 is 1.08 bits per heavy atom. The van der Waals surface area contributed by atoms with E-state index in [0.717, 1.165) is 0 Å². The Morgan fingerprint density at radius 3 is 2.58 bits per heavy atom. The van der Waals surface area contributed by atoms with E-state index >= 15 is 0 Å². The van der Waals surface area contributed by atoms with Gasteiger partial charge in [0.25, 0.3) is 0 Å². The van der Waals surface area contributed by atoms with E-state index in [2.05, 4.69) is 75.9 Å². The minimum Gasteiger partial charge on any atom is -0.150 e. The maximum atomic E-state index is 2.64. The molecular weight excluding hydrogens is 308 g/mol. The second-order valence-electron chi connectivity index (χ2n) is 8.43. The molecule has 0 saturated carbocycles. The summed E-state index contributed by atoms with van der Waals surface area (Å²) in [5.41, 5.74) is 6.32. The van der Waals surface area contributed by atoms with Gasteiger partial charge in [0, 0.05) is 16.6 Å². The smallest absolute Gasteiger partial charge is 0.0482 e. The Balaban J connectivity index is 1.86. The molecule has 0 radical (unpaired) electrons. The lowest BCUT2D eigenvalue weighted by Crippen LogP contribution is -2.32. The summed E-state index contributed by atoms with van der Waals surface area (Å²) >= 11 is 2.26. The van der Waals surface area contributed by atoms with Gasteiger partial charge in [-0.25, -0.2) is 0 Å². The molecule has 2 aliphatic carbocycles. The molecule has 128 valence electrons. The minimum absolute atomic E-state index is 0.327. The lowest BCUT2D eigenvalue weighted by molar-refractivity contribution is 0.410. The van der Waals surface area contributed by atoms with Crippen molar-refractivity contribution in [2.45, 2.75) is 63.5 Å². The standard InChI is InChI=1S/C23H30S/c1-15(2)17-7-9-19-20-10-8-18(16(3)4)14-22(20)23(21(19)13-17)11-5-6-12-24-23/h7-10,13-16,19,21H,5-6,11-12H2,1-4H3. The van der Waals surface area contributed by atoms with Gasteiger partial charge in [0.1, 0.15) is 0 Å². The first-order valence-electron chi connectivity index (χ1n) is 9.71. The third-order valence-electron chi connectivity index (χ3n) is 6.32. The van der Waals surface area contributed by atoms with Crippen LogP contribution < -0.4 is 0 Å². The number of rotatable bonds is 2. The summed E-state index contributed by atoms with van der Waals surface area (Å²) in [4.78, 5) is 0. The zero-order valence-electron chi connectivity index (χ0n) is 15.5. The van der Waals surface area contributed by atoms with Crippen LogP contribution in [0.15, 0.2) is 42.0 Å². The topological polar surface area (TPSA) is 0 Å². The highest BCUT2D eigenvalue weighted by Crippen LogP contribution is 2.63. The van der Waals surface area contributed by atoms with Crippen LogP contribution in [-0.4, -0.2) is 5.75 Å². The lowest BCUT2D eigenvalue weighted by Gasteiger charge is -2.40. The Bertz CT molecular complexity index is 686. The fraction of sp³-hybridized carbons (Fsp3) is 0.565. The first-order valence-corrected chi connectivity index (χ1v) is 10.7. The van der Waals surface area contributed by atoms with Crippen molar-refractivity contribution in [2.75, 3.05) is 5.75 Å². The van der Waals surface area contributed by atoms with Gasteiger partial charge < -0.3 is 0 Å². The monoisotopic (exact) mass is 338 g/mol. The van der Waals surface area contributed by atoms with Crippen LogP contribution in [0, 0.1) is 11.8 Å². The number of thioether (sulfide) groups is 1. The van der Waals surface area contributed by atoms with Crippen molar-refractivity contribution < 1.29 is 0 Å². The maximum absolute atomic E-state index is 2.64. The van der Waals surface area contributed by atoms with Gasteiger partial charge in [-0.15, -0.1) is 11.8 Å². The molecule has 0 amide bonds. The molecule has 1 aliphatic heterocycles. The van der Waals surface area contributed by atoms with Crippen molar-refractivity contribution in [3.05, 3.63) is 58.7 Å². The van der Waals surface area contributed by atoms with Gasteiger partial charge in [-0.2, -0.15) is 0 Å². The summed E-state index contributed by atoms with van der Waals surface area (Å²) in [5.74, 6) is 3.81. The minimum atomic E-state index is 0.327. The number of hydrogen-bond donors (Lipinski definition) is 0. The molecule has 0 aromatic heterocycles. The lowest BCUT2D eigenvalue weighted by atomic mass is 9.77. The van der Waals surface area contributed by atoms with Gasteiger partial charge in [-0.1, -0.05) is 70.5 Å². The number of hydrogen-bond acceptors (Lipinski definition) is 1. The Labute approximate surface area is 151 Å². The zero-order valence-corrected chi connectivity index (χ0v) is 16.3. The van der Waals surface area contributed by atoms with Gasteiger partial charge in [0.2, 0.25) is 0 Å². The SMILES string of the molecule is CC(C)C1=CC2C(C=C1)c1ccc(C(C)C)cc1C21CCCCS1. The molecule has 1 heterocycles. The van der Waals surface area contributed by atoms with Gasteiger partial charge in [0.05, 0.1) is 0 Å². The van der Waals surface area contributed by atoms with Crippen molar-refractivity contribution in [2.24, 2.45) is 11.8 Å². The van der Waals surface area contributed by atoms with Crippen LogP contribution in [0.1, 0.15) is 75.5 Å². The first kappa shape index (κ1) is 16.5. The molecule has 0 N–H and O–H groups in total. The summed E-state index contributed by atoms with van der Waals surface area (Å²) in [6.07, 6.45) is 11.7. The molecule has 0 nitrogen and oxygen atoms in total. The van der Waals surface area contributed by atoms with Crippen LogP contribution in [-0.2, 0) is 4.75 Å².